The molecule has 0 aromatic carbocycles. The summed E-state index contributed by atoms with van der Waals surface area (Å²) in [6, 6.07) is 3.81. The van der Waals surface area contributed by atoms with Crippen LogP contribution in [0.15, 0.2) is 30.9 Å². The van der Waals surface area contributed by atoms with Crippen molar-refractivity contribution in [3.8, 4) is 11.4 Å². The largest absolute Gasteiger partial charge is 0.317 e. The second-order valence-electron chi connectivity index (χ2n) is 2.50. The van der Waals surface area contributed by atoms with Crippen molar-refractivity contribution in [2.45, 2.75) is 0 Å². The van der Waals surface area contributed by atoms with Crippen LogP contribution in [0.25, 0.3) is 11.4 Å². The van der Waals surface area contributed by atoms with Crippen LogP contribution >= 0.6 is 0 Å². The molecule has 0 radical (unpaired) electrons. The Hall–Kier alpha value is -1.71. The summed E-state index contributed by atoms with van der Waals surface area (Å²) in [6.07, 6.45) is 5.16. The molecule has 0 spiro atoms. The monoisotopic (exact) mass is 160 g/mol. The minimum Gasteiger partial charge on any atom is -0.317 e. The maximum Gasteiger partial charge on any atom is 0.163 e. The quantitative estimate of drug-likeness (QED) is 0.622. The predicted molar refractivity (Wildman–Crippen MR) is 44.2 cm³/mol. The van der Waals surface area contributed by atoms with Gasteiger partial charge in [-0.1, -0.05) is 0 Å². The number of rotatable bonds is 1. The summed E-state index contributed by atoms with van der Waals surface area (Å²) in [5, 5.41) is 7.76. The van der Waals surface area contributed by atoms with E-state index < -0.39 is 0 Å². The Kier molecular flexibility index (Phi) is 1.59. The minimum atomic E-state index is 0.859. The molecule has 0 aliphatic heterocycles. The molecule has 0 aliphatic rings. The molecule has 4 heteroatoms. The summed E-state index contributed by atoms with van der Waals surface area (Å²) < 4.78 is 1.87. The van der Waals surface area contributed by atoms with Crippen LogP contribution in [0.2, 0.25) is 0 Å². The van der Waals surface area contributed by atoms with Crippen LogP contribution in [0, 0.1) is 0 Å². The molecule has 2 heterocycles. The zero-order valence-electron chi connectivity index (χ0n) is 6.68. The molecule has 0 bridgehead atoms. The molecule has 0 amide bonds. The van der Waals surface area contributed by atoms with Crippen LogP contribution in [0.4, 0.5) is 0 Å². The highest BCUT2D eigenvalue weighted by atomic mass is 15.2. The fourth-order valence-electron chi connectivity index (χ4n) is 1.05. The van der Waals surface area contributed by atoms with Crippen molar-refractivity contribution in [2.75, 3.05) is 0 Å². The highest BCUT2D eigenvalue weighted by Gasteiger charge is 2.01. The van der Waals surface area contributed by atoms with Crippen LogP contribution in [-0.4, -0.2) is 19.7 Å². The lowest BCUT2D eigenvalue weighted by molar-refractivity contribution is 0.919. The first kappa shape index (κ1) is 6.97. The van der Waals surface area contributed by atoms with E-state index in [2.05, 4.69) is 15.2 Å². The van der Waals surface area contributed by atoms with Gasteiger partial charge in [-0.3, -0.25) is 4.98 Å². The second-order valence-corrected chi connectivity index (χ2v) is 2.50. The van der Waals surface area contributed by atoms with Crippen LogP contribution in [-0.2, 0) is 7.05 Å². The topological polar surface area (TPSA) is 43.6 Å². The third-order valence-corrected chi connectivity index (χ3v) is 1.65. The molecule has 0 unspecified atom stereocenters. The zero-order chi connectivity index (χ0) is 8.39. The minimum absolute atomic E-state index is 0.859. The van der Waals surface area contributed by atoms with Gasteiger partial charge in [0.05, 0.1) is 0 Å². The normalized spacial score (nSPS) is 10.1. The van der Waals surface area contributed by atoms with E-state index in [1.54, 1.807) is 18.7 Å². The van der Waals surface area contributed by atoms with Gasteiger partial charge in [-0.2, -0.15) is 0 Å². The van der Waals surface area contributed by atoms with Gasteiger partial charge in [0.2, 0.25) is 0 Å². The van der Waals surface area contributed by atoms with Crippen molar-refractivity contribution in [2.24, 2.45) is 7.05 Å². The lowest BCUT2D eigenvalue weighted by atomic mass is 10.2. The van der Waals surface area contributed by atoms with E-state index in [0.717, 1.165) is 11.4 Å². The molecule has 2 aromatic rings. The van der Waals surface area contributed by atoms with E-state index in [9.17, 15) is 0 Å². The zero-order valence-corrected chi connectivity index (χ0v) is 6.68. The van der Waals surface area contributed by atoms with Crippen molar-refractivity contribution in [3.05, 3.63) is 30.9 Å². The van der Waals surface area contributed by atoms with Gasteiger partial charge in [-0.05, 0) is 12.1 Å². The summed E-state index contributed by atoms with van der Waals surface area (Å²) in [7, 11) is 1.91. The fourth-order valence-corrected chi connectivity index (χ4v) is 1.05. The Balaban J connectivity index is 2.51. The number of nitrogens with zero attached hydrogens (tertiary/aromatic N) is 4. The van der Waals surface area contributed by atoms with E-state index in [0.29, 0.717) is 0 Å². The number of aryl methyl sites for hydroxylation is 1. The van der Waals surface area contributed by atoms with Crippen molar-refractivity contribution in [3.63, 3.8) is 0 Å². The second kappa shape index (κ2) is 2.73. The summed E-state index contributed by atoms with van der Waals surface area (Å²) in [5.41, 5.74) is 1.03. The highest BCUT2D eigenvalue weighted by Crippen LogP contribution is 2.12. The molecule has 0 saturated carbocycles. The van der Waals surface area contributed by atoms with Crippen LogP contribution in [0.1, 0.15) is 0 Å². The van der Waals surface area contributed by atoms with E-state index in [4.69, 9.17) is 0 Å². The first-order valence-electron chi connectivity index (χ1n) is 3.62. The first-order chi connectivity index (χ1) is 5.88. The van der Waals surface area contributed by atoms with Crippen LogP contribution in [0.3, 0.4) is 0 Å². The standard InChI is InChI=1S/C8H8N4/c1-12-6-10-11-8(12)7-2-4-9-5-3-7/h2-6H,1H3. The van der Waals surface area contributed by atoms with Gasteiger partial charge in [-0.15, -0.1) is 10.2 Å². The SMILES string of the molecule is Cn1cnnc1-c1ccncc1. The third-order valence-electron chi connectivity index (χ3n) is 1.65. The van der Waals surface area contributed by atoms with Gasteiger partial charge < -0.3 is 4.57 Å². The predicted octanol–water partition coefficient (Wildman–Crippen LogP) is 0.877. The van der Waals surface area contributed by atoms with E-state index in [-0.39, 0.29) is 0 Å². The van der Waals surface area contributed by atoms with E-state index in [1.165, 1.54) is 0 Å². The molecule has 0 aliphatic carbocycles. The maximum atomic E-state index is 3.97. The Labute approximate surface area is 69.9 Å². The van der Waals surface area contributed by atoms with Gasteiger partial charge in [0.25, 0.3) is 0 Å². The molecule has 0 fully saturated rings. The lowest BCUT2D eigenvalue weighted by Gasteiger charge is -1.97. The molecule has 4 nitrogen and oxygen atoms in total. The Morgan fingerprint density at radius 2 is 2.00 bits per heavy atom. The first-order valence-corrected chi connectivity index (χ1v) is 3.62. The molecule has 2 rings (SSSR count). The molecule has 60 valence electrons. The molecule has 0 atom stereocenters. The maximum absolute atomic E-state index is 3.97. The number of pyridine rings is 1. The van der Waals surface area contributed by atoms with Gasteiger partial charge >= 0.3 is 0 Å². The fraction of sp³-hybridized carbons (Fsp3) is 0.125. The van der Waals surface area contributed by atoms with Crippen molar-refractivity contribution >= 4 is 0 Å². The van der Waals surface area contributed by atoms with Crippen molar-refractivity contribution < 1.29 is 0 Å². The van der Waals surface area contributed by atoms with Crippen molar-refractivity contribution in [1.82, 2.24) is 19.7 Å². The highest BCUT2D eigenvalue weighted by molar-refractivity contribution is 5.53. The number of aromatic nitrogens is 4. The van der Waals surface area contributed by atoms with Gasteiger partial charge in [0.1, 0.15) is 6.33 Å². The Bertz CT molecular complexity index is 366. The summed E-state index contributed by atoms with van der Waals surface area (Å²) in [4.78, 5) is 3.93. The molecule has 2 aromatic heterocycles. The van der Waals surface area contributed by atoms with Gasteiger partial charge in [0, 0.05) is 25.0 Å². The number of hydrogen-bond acceptors (Lipinski definition) is 3. The average Bonchev–Trinajstić information content (AvgIpc) is 2.53. The van der Waals surface area contributed by atoms with E-state index >= 15 is 0 Å². The summed E-state index contributed by atoms with van der Waals surface area (Å²) in [5.74, 6) is 0.859. The average molecular weight is 160 g/mol. The van der Waals surface area contributed by atoms with Crippen LogP contribution in [0.5, 0.6) is 0 Å². The summed E-state index contributed by atoms with van der Waals surface area (Å²) in [6.45, 7) is 0. The van der Waals surface area contributed by atoms with Crippen molar-refractivity contribution in [1.29, 1.82) is 0 Å². The molecular weight excluding hydrogens is 152 g/mol. The van der Waals surface area contributed by atoms with E-state index in [1.807, 2.05) is 23.7 Å². The molecule has 12 heavy (non-hydrogen) atoms. The Morgan fingerprint density at radius 3 is 2.58 bits per heavy atom. The number of hydrogen-bond donors (Lipinski definition) is 0. The molecular formula is C8H8N4. The smallest absolute Gasteiger partial charge is 0.163 e. The Morgan fingerprint density at radius 1 is 1.25 bits per heavy atom. The van der Waals surface area contributed by atoms with Gasteiger partial charge in [-0.25, -0.2) is 0 Å². The third kappa shape index (κ3) is 1.07. The van der Waals surface area contributed by atoms with Gasteiger partial charge in [0.15, 0.2) is 5.82 Å². The summed E-state index contributed by atoms with van der Waals surface area (Å²) >= 11 is 0. The molecule has 0 saturated heterocycles. The lowest BCUT2D eigenvalue weighted by Crippen LogP contribution is -1.90. The van der Waals surface area contributed by atoms with Crippen LogP contribution < -0.4 is 0 Å². The molecule has 0 N–H and O–H groups in total.